The summed E-state index contributed by atoms with van der Waals surface area (Å²) in [6.45, 7) is 3.18. The fraction of sp³-hybridized carbons (Fsp3) is 0.400. The average Bonchev–Trinajstić information content (AvgIpc) is 2.53. The Morgan fingerprint density at radius 3 is 2.67 bits per heavy atom. The molecule has 1 atom stereocenters. The van der Waals surface area contributed by atoms with Gasteiger partial charge in [0.1, 0.15) is 0 Å². The maximum Gasteiger partial charge on any atom is 0.321 e. The van der Waals surface area contributed by atoms with E-state index in [1.54, 1.807) is 18.2 Å². The summed E-state index contributed by atoms with van der Waals surface area (Å²) in [5.41, 5.74) is 0. The Morgan fingerprint density at radius 1 is 1.29 bits per heavy atom. The van der Waals surface area contributed by atoms with Gasteiger partial charge in [0.05, 0.1) is 10.8 Å². The molecule has 1 aromatic rings. The van der Waals surface area contributed by atoms with Gasteiger partial charge in [-0.05, 0) is 31.5 Å². The number of hydrogen-bond acceptors (Lipinski definition) is 5. The summed E-state index contributed by atoms with van der Waals surface area (Å²) < 4.78 is 4.80. The number of amides is 3. The summed E-state index contributed by atoms with van der Waals surface area (Å²) in [6.07, 6.45) is 0.736. The van der Waals surface area contributed by atoms with Gasteiger partial charge in [0.15, 0.2) is 6.61 Å². The first-order valence-electron chi connectivity index (χ1n) is 7.15. The smallest absolute Gasteiger partial charge is 0.321 e. The summed E-state index contributed by atoms with van der Waals surface area (Å²) in [6, 6.07) is 4.22. The van der Waals surface area contributed by atoms with Crippen LogP contribution in [0.15, 0.2) is 23.1 Å². The number of benzene rings is 1. The van der Waals surface area contributed by atoms with E-state index in [9.17, 15) is 14.4 Å². The van der Waals surface area contributed by atoms with Crippen molar-refractivity contribution in [2.24, 2.45) is 0 Å². The molecule has 0 heterocycles. The van der Waals surface area contributed by atoms with Crippen LogP contribution in [0.5, 0.6) is 0 Å². The minimum atomic E-state index is -0.699. The highest BCUT2D eigenvalue weighted by atomic mass is 35.5. The van der Waals surface area contributed by atoms with Crippen LogP contribution in [0.4, 0.5) is 4.79 Å². The van der Waals surface area contributed by atoms with Gasteiger partial charge in [-0.2, -0.15) is 0 Å². The molecule has 24 heavy (non-hydrogen) atoms. The third kappa shape index (κ3) is 7.90. The molecule has 132 valence electrons. The van der Waals surface area contributed by atoms with E-state index >= 15 is 0 Å². The Morgan fingerprint density at radius 2 is 2.00 bits per heavy atom. The van der Waals surface area contributed by atoms with Crippen molar-refractivity contribution in [3.05, 3.63) is 28.2 Å². The molecule has 0 fully saturated rings. The molecule has 0 radical (unpaired) electrons. The summed E-state index contributed by atoms with van der Waals surface area (Å²) in [4.78, 5) is 35.2. The first-order chi connectivity index (χ1) is 11.3. The number of hydrogen-bond donors (Lipinski definition) is 2. The minimum Gasteiger partial charge on any atom is -0.455 e. The number of nitrogens with one attached hydrogen (secondary N) is 2. The molecule has 0 spiro atoms. The van der Waals surface area contributed by atoms with Gasteiger partial charge >= 0.3 is 12.0 Å². The first kappa shape index (κ1) is 20.6. The molecule has 0 saturated heterocycles. The van der Waals surface area contributed by atoms with Gasteiger partial charge in [-0.25, -0.2) is 4.79 Å². The molecule has 6 nitrogen and oxygen atoms in total. The van der Waals surface area contributed by atoms with Crippen molar-refractivity contribution in [3.63, 3.8) is 0 Å². The van der Waals surface area contributed by atoms with Gasteiger partial charge in [-0.3, -0.25) is 14.9 Å². The number of ether oxygens (including phenoxy) is 1. The number of thioether (sulfide) groups is 1. The zero-order valence-electron chi connectivity index (χ0n) is 13.2. The lowest BCUT2D eigenvalue weighted by Gasteiger charge is -2.11. The van der Waals surface area contributed by atoms with E-state index in [1.807, 2.05) is 13.8 Å². The van der Waals surface area contributed by atoms with Crippen LogP contribution in [0.3, 0.4) is 0 Å². The maximum atomic E-state index is 11.6. The number of imide groups is 1. The third-order valence-corrected chi connectivity index (χ3v) is 4.55. The molecule has 1 rings (SSSR count). The molecule has 0 unspecified atom stereocenters. The Balaban J connectivity index is 2.31. The molecule has 0 aromatic heterocycles. The predicted molar refractivity (Wildman–Crippen MR) is 94.6 cm³/mol. The van der Waals surface area contributed by atoms with Gasteiger partial charge in [0.2, 0.25) is 0 Å². The van der Waals surface area contributed by atoms with Gasteiger partial charge in [0, 0.05) is 16.0 Å². The van der Waals surface area contributed by atoms with Crippen molar-refractivity contribution in [2.75, 3.05) is 12.4 Å². The molecule has 2 N–H and O–H groups in total. The fourth-order valence-electron chi connectivity index (χ4n) is 1.44. The molecular weight excluding hydrogens is 375 g/mol. The number of rotatable bonds is 7. The number of esters is 1. The van der Waals surface area contributed by atoms with Crippen LogP contribution >= 0.6 is 35.0 Å². The summed E-state index contributed by atoms with van der Waals surface area (Å²) in [7, 11) is 0. The van der Waals surface area contributed by atoms with E-state index in [0.29, 0.717) is 14.9 Å². The van der Waals surface area contributed by atoms with Crippen LogP contribution in [0.25, 0.3) is 0 Å². The van der Waals surface area contributed by atoms with Crippen LogP contribution in [-0.4, -0.2) is 36.3 Å². The number of carbonyl (C=O) groups excluding carboxylic acids is 3. The Hall–Kier alpha value is -1.44. The van der Waals surface area contributed by atoms with Crippen LogP contribution in [0, 0.1) is 0 Å². The number of halogens is 2. The highest BCUT2D eigenvalue weighted by molar-refractivity contribution is 8.00. The van der Waals surface area contributed by atoms with Gasteiger partial charge < -0.3 is 10.1 Å². The molecule has 9 heteroatoms. The van der Waals surface area contributed by atoms with Crippen LogP contribution < -0.4 is 10.6 Å². The van der Waals surface area contributed by atoms with Crippen molar-refractivity contribution in [3.8, 4) is 0 Å². The lowest BCUT2D eigenvalue weighted by atomic mass is 10.3. The van der Waals surface area contributed by atoms with Crippen LogP contribution in [0.2, 0.25) is 10.0 Å². The van der Waals surface area contributed by atoms with E-state index < -0.39 is 24.5 Å². The largest absolute Gasteiger partial charge is 0.455 e. The molecule has 3 amide bonds. The fourth-order valence-corrected chi connectivity index (χ4v) is 2.73. The van der Waals surface area contributed by atoms with E-state index in [4.69, 9.17) is 27.9 Å². The highest BCUT2D eigenvalue weighted by Crippen LogP contribution is 2.29. The Labute approximate surface area is 154 Å². The Bertz CT molecular complexity index is 613. The number of urea groups is 1. The SMILES string of the molecule is CC[C@@H](C)NC(=O)NC(=O)COC(=O)CSc1cc(Cl)ccc1Cl. The van der Waals surface area contributed by atoms with Crippen molar-refractivity contribution in [1.82, 2.24) is 10.6 Å². The second-order valence-corrected chi connectivity index (χ2v) is 6.72. The van der Waals surface area contributed by atoms with Crippen LogP contribution in [0.1, 0.15) is 20.3 Å². The Kier molecular flexibility index (Phi) is 8.95. The molecule has 0 aliphatic carbocycles. The second-order valence-electron chi connectivity index (χ2n) is 4.86. The van der Waals surface area contributed by atoms with Crippen molar-refractivity contribution in [1.29, 1.82) is 0 Å². The minimum absolute atomic E-state index is 0.0353. The second kappa shape index (κ2) is 10.4. The van der Waals surface area contributed by atoms with Gasteiger partial charge in [-0.1, -0.05) is 30.1 Å². The lowest BCUT2D eigenvalue weighted by Crippen LogP contribution is -2.44. The molecule has 0 aliphatic heterocycles. The highest BCUT2D eigenvalue weighted by Gasteiger charge is 2.13. The molecular formula is C15H18Cl2N2O4S. The molecule has 0 bridgehead atoms. The van der Waals surface area contributed by atoms with Crippen molar-refractivity contribution >= 4 is 52.9 Å². The maximum absolute atomic E-state index is 11.6. The van der Waals surface area contributed by atoms with Crippen molar-refractivity contribution < 1.29 is 19.1 Å². The average molecular weight is 393 g/mol. The molecule has 0 saturated carbocycles. The van der Waals surface area contributed by atoms with Crippen molar-refractivity contribution in [2.45, 2.75) is 31.2 Å². The zero-order chi connectivity index (χ0) is 18.1. The van der Waals surface area contributed by atoms with Gasteiger partial charge in [-0.15, -0.1) is 11.8 Å². The monoisotopic (exact) mass is 392 g/mol. The van der Waals surface area contributed by atoms with Gasteiger partial charge in [0.25, 0.3) is 5.91 Å². The number of carbonyl (C=O) groups is 3. The van der Waals surface area contributed by atoms with E-state index in [-0.39, 0.29) is 11.8 Å². The first-order valence-corrected chi connectivity index (χ1v) is 8.89. The normalized spacial score (nSPS) is 11.5. The predicted octanol–water partition coefficient (Wildman–Crippen LogP) is 3.25. The van der Waals surface area contributed by atoms with E-state index in [1.165, 1.54) is 0 Å². The topological polar surface area (TPSA) is 84.5 Å². The third-order valence-electron chi connectivity index (χ3n) is 2.85. The summed E-state index contributed by atoms with van der Waals surface area (Å²) in [5.74, 6) is -1.34. The zero-order valence-corrected chi connectivity index (χ0v) is 15.6. The molecule has 0 aliphatic rings. The van der Waals surface area contributed by atoms with Crippen LogP contribution in [-0.2, 0) is 14.3 Å². The molecule has 1 aromatic carbocycles. The standard InChI is InChI=1S/C15H18Cl2N2O4S/c1-3-9(2)18-15(22)19-13(20)7-23-14(21)8-24-12-6-10(16)4-5-11(12)17/h4-6,9H,3,7-8H2,1-2H3,(H2,18,19,20,22)/t9-/m1/s1. The summed E-state index contributed by atoms with van der Waals surface area (Å²) >= 11 is 13.0. The summed E-state index contributed by atoms with van der Waals surface area (Å²) in [5, 5.41) is 5.61. The van der Waals surface area contributed by atoms with E-state index in [2.05, 4.69) is 10.6 Å². The quantitative estimate of drug-likeness (QED) is 0.549. The lowest BCUT2D eigenvalue weighted by molar-refractivity contribution is -0.145. The van der Waals surface area contributed by atoms with E-state index in [0.717, 1.165) is 18.2 Å².